The molecule has 3 saturated heterocycles. The van der Waals surface area contributed by atoms with Crippen LogP contribution in [0.5, 0.6) is 5.75 Å². The number of halogens is 1. The monoisotopic (exact) mass is 466 g/mol. The molecule has 6 heteroatoms. The molecule has 34 heavy (non-hydrogen) atoms. The van der Waals surface area contributed by atoms with E-state index in [-0.39, 0.29) is 41.3 Å². The summed E-state index contributed by atoms with van der Waals surface area (Å²) in [7, 11) is 0. The fraction of sp³-hybridized carbons (Fsp3) is 0.536. The van der Waals surface area contributed by atoms with Crippen molar-refractivity contribution in [1.82, 2.24) is 10.2 Å². The standard InChI is InChI=1S/C28H35FN2O3/c1-17(2)33-24-8-6-20(14-23(24)29)19-5-7-22-21(13-19)15-28(3,4)26(22)30-27(32)34-25-16-31-11-9-18(25)10-12-31/h5-8,13-14,17-18,25-26H,9-12,15-16H2,1-4H3,(H,30,32)/t25-,26+/m1/s1. The number of hydrogen-bond donors (Lipinski definition) is 1. The topological polar surface area (TPSA) is 50.8 Å². The lowest BCUT2D eigenvalue weighted by Crippen LogP contribution is -2.53. The van der Waals surface area contributed by atoms with Crippen LogP contribution in [0.15, 0.2) is 36.4 Å². The van der Waals surface area contributed by atoms with E-state index in [2.05, 4.69) is 36.2 Å². The highest BCUT2D eigenvalue weighted by atomic mass is 19.1. The van der Waals surface area contributed by atoms with E-state index >= 15 is 0 Å². The van der Waals surface area contributed by atoms with Gasteiger partial charge < -0.3 is 14.8 Å². The summed E-state index contributed by atoms with van der Waals surface area (Å²) >= 11 is 0. The second-order valence-corrected chi connectivity index (χ2v) is 11.0. The molecule has 5 nitrogen and oxygen atoms in total. The zero-order valence-corrected chi connectivity index (χ0v) is 20.6. The summed E-state index contributed by atoms with van der Waals surface area (Å²) in [4.78, 5) is 15.3. The average molecular weight is 467 g/mol. The molecule has 4 aliphatic rings. The van der Waals surface area contributed by atoms with Crippen LogP contribution in [-0.4, -0.2) is 42.8 Å². The van der Waals surface area contributed by atoms with Crippen LogP contribution in [0.3, 0.4) is 0 Å². The van der Waals surface area contributed by atoms with E-state index in [1.807, 2.05) is 26.0 Å². The van der Waals surface area contributed by atoms with Crippen LogP contribution in [0.2, 0.25) is 0 Å². The molecular weight excluding hydrogens is 431 g/mol. The second-order valence-electron chi connectivity index (χ2n) is 11.0. The Morgan fingerprint density at radius 1 is 1.12 bits per heavy atom. The summed E-state index contributed by atoms with van der Waals surface area (Å²) in [5, 5.41) is 3.17. The lowest BCUT2D eigenvalue weighted by molar-refractivity contribution is -0.0348. The van der Waals surface area contributed by atoms with Crippen molar-refractivity contribution in [3.63, 3.8) is 0 Å². The highest BCUT2D eigenvalue weighted by Crippen LogP contribution is 2.46. The number of benzene rings is 2. The average Bonchev–Trinajstić information content (AvgIpc) is 3.04. The van der Waals surface area contributed by atoms with E-state index in [4.69, 9.17) is 9.47 Å². The Balaban J connectivity index is 1.31. The molecule has 3 heterocycles. The van der Waals surface area contributed by atoms with E-state index in [9.17, 15) is 9.18 Å². The number of nitrogens with zero attached hydrogens (tertiary/aromatic N) is 1. The Labute approximate surface area is 201 Å². The van der Waals surface area contributed by atoms with Gasteiger partial charge in [-0.25, -0.2) is 9.18 Å². The first-order valence-corrected chi connectivity index (χ1v) is 12.5. The highest BCUT2D eigenvalue weighted by molar-refractivity contribution is 5.70. The van der Waals surface area contributed by atoms with Gasteiger partial charge in [0.15, 0.2) is 11.6 Å². The molecule has 1 aliphatic carbocycles. The number of hydrogen-bond acceptors (Lipinski definition) is 4. The summed E-state index contributed by atoms with van der Waals surface area (Å²) in [5.41, 5.74) is 3.92. The maximum absolute atomic E-state index is 14.6. The quantitative estimate of drug-likeness (QED) is 0.612. The summed E-state index contributed by atoms with van der Waals surface area (Å²) in [6.45, 7) is 11.2. The number of nitrogens with one attached hydrogen (secondary N) is 1. The maximum Gasteiger partial charge on any atom is 0.407 e. The Morgan fingerprint density at radius 3 is 2.47 bits per heavy atom. The number of rotatable bonds is 5. The summed E-state index contributed by atoms with van der Waals surface area (Å²) in [6, 6.07) is 11.2. The van der Waals surface area contributed by atoms with E-state index in [1.165, 1.54) is 11.6 Å². The third-order valence-electron chi connectivity index (χ3n) is 7.63. The summed E-state index contributed by atoms with van der Waals surface area (Å²) in [5.74, 6) is 0.397. The molecule has 0 radical (unpaired) electrons. The summed E-state index contributed by atoms with van der Waals surface area (Å²) < 4.78 is 26.0. The molecular formula is C28H35FN2O3. The first kappa shape index (κ1) is 23.2. The second kappa shape index (κ2) is 8.88. The van der Waals surface area contributed by atoms with Crippen LogP contribution in [0.1, 0.15) is 57.7 Å². The van der Waals surface area contributed by atoms with Gasteiger partial charge in [0.2, 0.25) is 0 Å². The van der Waals surface area contributed by atoms with Gasteiger partial charge in [-0.05, 0) is 91.9 Å². The smallest absolute Gasteiger partial charge is 0.407 e. The van der Waals surface area contributed by atoms with Crippen LogP contribution in [0.4, 0.5) is 9.18 Å². The normalized spacial score (nSPS) is 26.9. The lowest BCUT2D eigenvalue weighted by atomic mass is 9.85. The summed E-state index contributed by atoms with van der Waals surface area (Å²) in [6.07, 6.45) is 2.65. The van der Waals surface area contributed by atoms with Gasteiger partial charge in [0.05, 0.1) is 12.1 Å². The third-order valence-corrected chi connectivity index (χ3v) is 7.63. The van der Waals surface area contributed by atoms with E-state index < -0.39 is 0 Å². The molecule has 182 valence electrons. The molecule has 1 N–H and O–H groups in total. The van der Waals surface area contributed by atoms with Crippen molar-refractivity contribution in [1.29, 1.82) is 0 Å². The fourth-order valence-electron chi connectivity index (χ4n) is 5.87. The van der Waals surface area contributed by atoms with Gasteiger partial charge in [0, 0.05) is 6.54 Å². The number of carbonyl (C=O) groups is 1. The fourth-order valence-corrected chi connectivity index (χ4v) is 5.87. The van der Waals surface area contributed by atoms with Gasteiger partial charge in [-0.2, -0.15) is 0 Å². The molecule has 0 saturated carbocycles. The Hall–Kier alpha value is -2.60. The van der Waals surface area contributed by atoms with Crippen LogP contribution in [0.25, 0.3) is 11.1 Å². The van der Waals surface area contributed by atoms with Crippen molar-refractivity contribution in [2.24, 2.45) is 11.3 Å². The van der Waals surface area contributed by atoms with Crippen molar-refractivity contribution in [2.45, 2.75) is 65.2 Å². The maximum atomic E-state index is 14.6. The van der Waals surface area contributed by atoms with Crippen LogP contribution in [-0.2, 0) is 11.2 Å². The van der Waals surface area contributed by atoms with Crippen molar-refractivity contribution < 1.29 is 18.7 Å². The van der Waals surface area contributed by atoms with Gasteiger partial charge in [-0.15, -0.1) is 0 Å². The molecule has 6 rings (SSSR count). The molecule has 0 aromatic heterocycles. The molecule has 3 fully saturated rings. The molecule has 1 amide bonds. The minimum Gasteiger partial charge on any atom is -0.488 e. The molecule has 2 bridgehead atoms. The van der Waals surface area contributed by atoms with Crippen molar-refractivity contribution >= 4 is 6.09 Å². The molecule has 2 aromatic rings. The lowest BCUT2D eigenvalue weighted by Gasteiger charge is -2.44. The Bertz CT molecular complexity index is 1080. The first-order valence-electron chi connectivity index (χ1n) is 12.5. The molecule has 0 unspecified atom stereocenters. The van der Waals surface area contributed by atoms with Gasteiger partial charge >= 0.3 is 6.09 Å². The highest BCUT2D eigenvalue weighted by Gasteiger charge is 2.42. The number of ether oxygens (including phenoxy) is 2. The minimum atomic E-state index is -0.359. The van der Waals surface area contributed by atoms with Crippen molar-refractivity contribution in [2.75, 3.05) is 19.6 Å². The largest absolute Gasteiger partial charge is 0.488 e. The minimum absolute atomic E-state index is 0.00796. The van der Waals surface area contributed by atoms with Gasteiger partial charge in [0.1, 0.15) is 6.10 Å². The van der Waals surface area contributed by atoms with E-state index in [0.717, 1.165) is 55.6 Å². The SMILES string of the molecule is CC(C)Oc1ccc(-c2ccc3c(c2)CC(C)(C)[C@H]3NC(=O)O[C@@H]2CN3CCC2CC3)cc1F. The predicted octanol–water partition coefficient (Wildman–Crippen LogP) is 5.72. The number of fused-ring (bicyclic) bond motifs is 4. The number of carbonyl (C=O) groups excluding carboxylic acids is 1. The van der Waals surface area contributed by atoms with Crippen molar-refractivity contribution in [3.8, 4) is 16.9 Å². The molecule has 2 atom stereocenters. The van der Waals surface area contributed by atoms with Gasteiger partial charge in [-0.3, -0.25) is 4.90 Å². The van der Waals surface area contributed by atoms with Crippen LogP contribution in [0, 0.1) is 17.2 Å². The van der Waals surface area contributed by atoms with Crippen LogP contribution >= 0.6 is 0 Å². The molecule has 0 spiro atoms. The van der Waals surface area contributed by atoms with E-state index in [1.54, 1.807) is 6.07 Å². The number of amides is 1. The number of alkyl carbamates (subject to hydrolysis) is 1. The molecule has 2 aromatic carbocycles. The third kappa shape index (κ3) is 4.52. The van der Waals surface area contributed by atoms with Crippen LogP contribution < -0.4 is 10.1 Å². The Morgan fingerprint density at radius 2 is 1.82 bits per heavy atom. The zero-order chi connectivity index (χ0) is 24.0. The predicted molar refractivity (Wildman–Crippen MR) is 130 cm³/mol. The van der Waals surface area contributed by atoms with Crippen molar-refractivity contribution in [3.05, 3.63) is 53.3 Å². The Kier molecular flexibility index (Phi) is 6.05. The number of piperidine rings is 3. The van der Waals surface area contributed by atoms with E-state index in [0.29, 0.717) is 5.92 Å². The van der Waals surface area contributed by atoms with Gasteiger partial charge in [-0.1, -0.05) is 38.1 Å². The van der Waals surface area contributed by atoms with Gasteiger partial charge in [0.25, 0.3) is 0 Å². The molecule has 3 aliphatic heterocycles. The zero-order valence-electron chi connectivity index (χ0n) is 20.6. The first-order chi connectivity index (χ1) is 16.2.